The average molecular weight is 341 g/mol. The lowest BCUT2D eigenvalue weighted by atomic mass is 10.0. The highest BCUT2D eigenvalue weighted by molar-refractivity contribution is 9.10. The molecule has 1 aliphatic rings. The summed E-state index contributed by atoms with van der Waals surface area (Å²) >= 11 is 3.68. The first-order valence-corrected chi connectivity index (χ1v) is 8.28. The molecule has 1 aliphatic heterocycles. The fourth-order valence-corrected chi connectivity index (χ4v) is 3.13. The predicted molar refractivity (Wildman–Crippen MR) is 88.3 cm³/mol. The molecule has 1 unspecified atom stereocenters. The largest absolute Gasteiger partial charge is 0.381 e. The van der Waals surface area contributed by atoms with Gasteiger partial charge in [-0.3, -0.25) is 0 Å². The van der Waals surface area contributed by atoms with Crippen LogP contribution in [0.1, 0.15) is 25.3 Å². The molecule has 4 heteroatoms. The van der Waals surface area contributed by atoms with E-state index in [1.54, 1.807) is 0 Å². The van der Waals surface area contributed by atoms with Gasteiger partial charge in [0, 0.05) is 36.9 Å². The van der Waals surface area contributed by atoms with Gasteiger partial charge in [-0.05, 0) is 43.0 Å². The zero-order valence-corrected chi connectivity index (χ0v) is 14.1. The van der Waals surface area contributed by atoms with E-state index in [0.29, 0.717) is 5.92 Å². The molecule has 2 rings (SSSR count). The van der Waals surface area contributed by atoms with Crippen LogP contribution in [0, 0.1) is 5.92 Å². The molecule has 3 nitrogen and oxygen atoms in total. The first kappa shape index (κ1) is 15.8. The Morgan fingerprint density at radius 1 is 1.45 bits per heavy atom. The van der Waals surface area contributed by atoms with Crippen LogP contribution in [-0.4, -0.2) is 33.4 Å². The van der Waals surface area contributed by atoms with Crippen molar-refractivity contribution in [2.75, 3.05) is 38.3 Å². The Hall–Kier alpha value is -0.580. The van der Waals surface area contributed by atoms with Crippen molar-refractivity contribution in [1.29, 1.82) is 0 Å². The van der Waals surface area contributed by atoms with E-state index in [2.05, 4.69) is 58.3 Å². The second kappa shape index (κ2) is 8.01. The third-order valence-electron chi connectivity index (χ3n) is 3.83. The molecule has 0 aromatic heterocycles. The number of hydrogen-bond acceptors (Lipinski definition) is 3. The van der Waals surface area contributed by atoms with Crippen LogP contribution in [0.25, 0.3) is 0 Å². The maximum absolute atomic E-state index is 5.56. The van der Waals surface area contributed by atoms with E-state index in [1.807, 2.05) is 0 Å². The van der Waals surface area contributed by atoms with Crippen molar-refractivity contribution in [1.82, 2.24) is 5.32 Å². The Morgan fingerprint density at radius 2 is 2.30 bits per heavy atom. The van der Waals surface area contributed by atoms with Crippen molar-refractivity contribution < 1.29 is 4.74 Å². The van der Waals surface area contributed by atoms with Crippen LogP contribution in [0.3, 0.4) is 0 Å². The lowest BCUT2D eigenvalue weighted by Crippen LogP contribution is -2.30. The second-order valence-electron chi connectivity index (χ2n) is 5.52. The molecule has 1 N–H and O–H groups in total. The first-order valence-electron chi connectivity index (χ1n) is 7.48. The molecule has 1 aromatic rings. The first-order chi connectivity index (χ1) is 9.70. The molecule has 1 fully saturated rings. The smallest absolute Gasteiger partial charge is 0.0511 e. The molecular weight excluding hydrogens is 316 g/mol. The summed E-state index contributed by atoms with van der Waals surface area (Å²) in [6.07, 6.45) is 2.48. The van der Waals surface area contributed by atoms with Crippen LogP contribution < -0.4 is 10.2 Å². The molecule has 1 atom stereocenters. The van der Waals surface area contributed by atoms with Gasteiger partial charge in [-0.1, -0.05) is 28.9 Å². The summed E-state index contributed by atoms with van der Waals surface area (Å²) in [5.41, 5.74) is 2.58. The van der Waals surface area contributed by atoms with Gasteiger partial charge in [0.2, 0.25) is 0 Å². The maximum Gasteiger partial charge on any atom is 0.0511 e. The van der Waals surface area contributed by atoms with E-state index in [1.165, 1.54) is 28.6 Å². The van der Waals surface area contributed by atoms with E-state index < -0.39 is 0 Å². The van der Waals surface area contributed by atoms with Crippen molar-refractivity contribution in [3.63, 3.8) is 0 Å². The van der Waals surface area contributed by atoms with Gasteiger partial charge in [-0.25, -0.2) is 0 Å². The summed E-state index contributed by atoms with van der Waals surface area (Å²) in [6.45, 7) is 6.95. The number of nitrogens with one attached hydrogen (secondary N) is 1. The Morgan fingerprint density at radius 3 is 2.95 bits per heavy atom. The molecule has 1 heterocycles. The number of halogens is 1. The van der Waals surface area contributed by atoms with Crippen molar-refractivity contribution >= 4 is 21.6 Å². The van der Waals surface area contributed by atoms with E-state index in [4.69, 9.17) is 4.74 Å². The normalized spacial score (nSPS) is 19.1. The fraction of sp³-hybridized carbons (Fsp3) is 0.625. The molecule has 0 saturated carbocycles. The predicted octanol–water partition coefficient (Wildman–Crippen LogP) is 3.42. The Kier molecular flexibility index (Phi) is 6.33. The molecule has 1 saturated heterocycles. The van der Waals surface area contributed by atoms with Gasteiger partial charge in [0.25, 0.3) is 0 Å². The molecular formula is C16H25BrN2O. The number of hydrogen-bond donors (Lipinski definition) is 1. The van der Waals surface area contributed by atoms with Crippen LogP contribution in [0.2, 0.25) is 0 Å². The van der Waals surface area contributed by atoms with Crippen LogP contribution in [0.15, 0.2) is 22.7 Å². The van der Waals surface area contributed by atoms with Gasteiger partial charge in [0.1, 0.15) is 0 Å². The summed E-state index contributed by atoms with van der Waals surface area (Å²) in [4.78, 5) is 2.33. The van der Waals surface area contributed by atoms with Crippen molar-refractivity contribution in [3.8, 4) is 0 Å². The number of ether oxygens (including phenoxy) is 1. The van der Waals surface area contributed by atoms with Gasteiger partial charge >= 0.3 is 0 Å². The second-order valence-corrected chi connectivity index (χ2v) is 6.37. The summed E-state index contributed by atoms with van der Waals surface area (Å²) in [5, 5.41) is 3.36. The third-order valence-corrected chi connectivity index (χ3v) is 4.57. The van der Waals surface area contributed by atoms with E-state index in [0.717, 1.165) is 32.8 Å². The summed E-state index contributed by atoms with van der Waals surface area (Å²) in [6, 6.07) is 6.63. The van der Waals surface area contributed by atoms with Crippen LogP contribution in [0.4, 0.5) is 5.69 Å². The number of anilines is 1. The lowest BCUT2D eigenvalue weighted by molar-refractivity contribution is 0.0576. The number of nitrogens with zero attached hydrogens (tertiary/aromatic N) is 1. The molecule has 112 valence electrons. The minimum atomic E-state index is 0.661. The lowest BCUT2D eigenvalue weighted by Gasteiger charge is -2.28. The zero-order chi connectivity index (χ0) is 14.4. The van der Waals surface area contributed by atoms with Gasteiger partial charge < -0.3 is 15.0 Å². The quantitative estimate of drug-likeness (QED) is 0.858. The average Bonchev–Trinajstić information content (AvgIpc) is 2.47. The van der Waals surface area contributed by atoms with Crippen molar-refractivity contribution in [3.05, 3.63) is 28.2 Å². The summed E-state index contributed by atoms with van der Waals surface area (Å²) < 4.78 is 6.74. The highest BCUT2D eigenvalue weighted by atomic mass is 79.9. The molecule has 20 heavy (non-hydrogen) atoms. The van der Waals surface area contributed by atoms with E-state index in [9.17, 15) is 0 Å². The minimum Gasteiger partial charge on any atom is -0.381 e. The van der Waals surface area contributed by atoms with Gasteiger partial charge in [0.15, 0.2) is 0 Å². The number of benzene rings is 1. The van der Waals surface area contributed by atoms with Crippen molar-refractivity contribution in [2.24, 2.45) is 5.92 Å². The van der Waals surface area contributed by atoms with E-state index in [-0.39, 0.29) is 0 Å². The topological polar surface area (TPSA) is 24.5 Å². The molecule has 0 bridgehead atoms. The highest BCUT2D eigenvalue weighted by Crippen LogP contribution is 2.25. The molecule has 0 amide bonds. The number of rotatable bonds is 6. The standard InChI is InChI=1S/C16H25BrN2O/c1-3-18-10-14-6-7-15(9-16(14)17)19(2)11-13-5-4-8-20-12-13/h6-7,9,13,18H,3-5,8,10-12H2,1-2H3. The van der Waals surface area contributed by atoms with Crippen LogP contribution in [-0.2, 0) is 11.3 Å². The van der Waals surface area contributed by atoms with Crippen molar-refractivity contribution in [2.45, 2.75) is 26.3 Å². The SMILES string of the molecule is CCNCc1ccc(N(C)CC2CCCOC2)cc1Br. The van der Waals surface area contributed by atoms with Gasteiger partial charge in [-0.15, -0.1) is 0 Å². The monoisotopic (exact) mass is 340 g/mol. The van der Waals surface area contributed by atoms with Crippen LogP contribution in [0.5, 0.6) is 0 Å². The summed E-state index contributed by atoms with van der Waals surface area (Å²) in [7, 11) is 2.17. The molecule has 0 spiro atoms. The Bertz CT molecular complexity index is 419. The third kappa shape index (κ3) is 4.47. The minimum absolute atomic E-state index is 0.661. The maximum atomic E-state index is 5.56. The fourth-order valence-electron chi connectivity index (χ4n) is 2.62. The molecule has 0 radical (unpaired) electrons. The van der Waals surface area contributed by atoms with Crippen LogP contribution >= 0.6 is 15.9 Å². The van der Waals surface area contributed by atoms with E-state index >= 15 is 0 Å². The highest BCUT2D eigenvalue weighted by Gasteiger charge is 2.16. The zero-order valence-electron chi connectivity index (χ0n) is 12.5. The molecule has 0 aliphatic carbocycles. The Labute approximate surface area is 130 Å². The summed E-state index contributed by atoms with van der Waals surface area (Å²) in [5.74, 6) is 0.661. The Balaban J connectivity index is 1.95. The molecule has 1 aromatic carbocycles. The van der Waals surface area contributed by atoms with Gasteiger partial charge in [-0.2, -0.15) is 0 Å². The van der Waals surface area contributed by atoms with Gasteiger partial charge in [0.05, 0.1) is 6.61 Å².